The molecule has 6 nitrogen and oxygen atoms in total. The van der Waals surface area contributed by atoms with Crippen molar-refractivity contribution in [3.8, 4) is 17.2 Å². The largest absolute Gasteiger partial charge is 0.494 e. The van der Waals surface area contributed by atoms with Crippen LogP contribution in [0.3, 0.4) is 0 Å². The second-order valence-electron chi connectivity index (χ2n) is 8.31. The Morgan fingerprint density at radius 2 is 1.65 bits per heavy atom. The Kier molecular flexibility index (Phi) is 7.45. The predicted octanol–water partition coefficient (Wildman–Crippen LogP) is 6.00. The minimum Gasteiger partial charge on any atom is -0.494 e. The normalized spacial score (nSPS) is 11.1. The van der Waals surface area contributed by atoms with Gasteiger partial charge in [-0.3, -0.25) is 9.69 Å². The van der Waals surface area contributed by atoms with Gasteiger partial charge in [0, 0.05) is 12.1 Å². The van der Waals surface area contributed by atoms with E-state index in [0.717, 1.165) is 34.5 Å². The maximum atomic E-state index is 13.6. The fraction of sp³-hybridized carbons (Fsp3) is 0.259. The van der Waals surface area contributed by atoms with Gasteiger partial charge in [-0.25, -0.2) is 4.98 Å². The highest BCUT2D eigenvalue weighted by Crippen LogP contribution is 2.37. The quantitative estimate of drug-likeness (QED) is 0.297. The minimum atomic E-state index is -0.0827. The molecule has 7 heteroatoms. The van der Waals surface area contributed by atoms with E-state index in [1.54, 1.807) is 24.1 Å². The van der Waals surface area contributed by atoms with E-state index in [4.69, 9.17) is 14.5 Å². The van der Waals surface area contributed by atoms with E-state index in [9.17, 15) is 4.79 Å². The lowest BCUT2D eigenvalue weighted by Crippen LogP contribution is -2.33. The van der Waals surface area contributed by atoms with E-state index >= 15 is 0 Å². The first-order valence-corrected chi connectivity index (χ1v) is 12.0. The molecule has 176 valence electrons. The summed E-state index contributed by atoms with van der Waals surface area (Å²) in [5.74, 6) is 2.07. The molecule has 0 aliphatic rings. The van der Waals surface area contributed by atoms with Crippen LogP contribution in [0, 0.1) is 6.92 Å². The van der Waals surface area contributed by atoms with Crippen molar-refractivity contribution < 1.29 is 14.3 Å². The molecule has 0 bridgehead atoms. The molecular weight excluding hydrogens is 446 g/mol. The third kappa shape index (κ3) is 5.38. The lowest BCUT2D eigenvalue weighted by Gasteiger charge is -2.21. The molecule has 1 heterocycles. The number of fused-ring (bicyclic) bond motifs is 1. The van der Waals surface area contributed by atoms with Crippen molar-refractivity contribution in [2.45, 2.75) is 13.3 Å². The number of hydrogen-bond acceptors (Lipinski definition) is 6. The van der Waals surface area contributed by atoms with E-state index in [1.165, 1.54) is 11.3 Å². The topological polar surface area (TPSA) is 54.9 Å². The second-order valence-corrected chi connectivity index (χ2v) is 9.29. The van der Waals surface area contributed by atoms with Crippen molar-refractivity contribution in [2.24, 2.45) is 0 Å². The molecule has 0 saturated carbocycles. The summed E-state index contributed by atoms with van der Waals surface area (Å²) >= 11 is 1.52. The van der Waals surface area contributed by atoms with Crippen molar-refractivity contribution in [3.63, 3.8) is 0 Å². The van der Waals surface area contributed by atoms with E-state index in [0.29, 0.717) is 28.7 Å². The van der Waals surface area contributed by atoms with Crippen LogP contribution in [-0.2, 0) is 0 Å². The predicted molar refractivity (Wildman–Crippen MR) is 139 cm³/mol. The fourth-order valence-electron chi connectivity index (χ4n) is 3.65. The zero-order valence-electron chi connectivity index (χ0n) is 19.9. The number of hydrogen-bond donors (Lipinski definition) is 0. The summed E-state index contributed by atoms with van der Waals surface area (Å²) < 4.78 is 12.4. The van der Waals surface area contributed by atoms with Gasteiger partial charge < -0.3 is 14.4 Å². The molecule has 0 saturated heterocycles. The summed E-state index contributed by atoms with van der Waals surface area (Å²) in [6, 6.07) is 20.8. The first-order chi connectivity index (χ1) is 16.5. The van der Waals surface area contributed by atoms with Crippen LogP contribution in [0.15, 0.2) is 66.7 Å². The standard InChI is InChI=1S/C27H29N3O3S/c1-19-11-16-23(32-4)24-25(19)34-27(28-24)30(18-8-17-29(2)3)26(31)20-12-14-22(15-13-20)33-21-9-6-5-7-10-21/h5-7,9-16H,8,17-18H2,1-4H3. The number of amides is 1. The van der Waals surface area contributed by atoms with Crippen LogP contribution in [0.2, 0.25) is 0 Å². The molecule has 0 spiro atoms. The number of para-hydroxylation sites is 1. The van der Waals surface area contributed by atoms with Gasteiger partial charge in [0.25, 0.3) is 5.91 Å². The van der Waals surface area contributed by atoms with Crippen molar-refractivity contribution in [1.29, 1.82) is 0 Å². The van der Waals surface area contributed by atoms with Crippen LogP contribution in [0.1, 0.15) is 22.3 Å². The van der Waals surface area contributed by atoms with Crippen LogP contribution in [0.4, 0.5) is 5.13 Å². The highest BCUT2D eigenvalue weighted by atomic mass is 32.1. The second kappa shape index (κ2) is 10.7. The molecule has 4 rings (SSSR count). The van der Waals surface area contributed by atoms with Crippen molar-refractivity contribution in [2.75, 3.05) is 39.2 Å². The Labute approximate surface area is 204 Å². The molecule has 0 aliphatic heterocycles. The van der Waals surface area contributed by atoms with Gasteiger partial charge in [0.15, 0.2) is 5.13 Å². The van der Waals surface area contributed by atoms with E-state index in [2.05, 4.69) is 4.90 Å². The van der Waals surface area contributed by atoms with E-state index < -0.39 is 0 Å². The number of rotatable bonds is 9. The fourth-order valence-corrected chi connectivity index (χ4v) is 4.73. The van der Waals surface area contributed by atoms with Crippen LogP contribution >= 0.6 is 11.3 Å². The molecule has 0 fully saturated rings. The van der Waals surface area contributed by atoms with Crippen molar-refractivity contribution in [3.05, 3.63) is 77.9 Å². The molecule has 4 aromatic rings. The number of ether oxygens (including phenoxy) is 2. The highest BCUT2D eigenvalue weighted by Gasteiger charge is 2.23. The molecule has 1 amide bonds. The number of aromatic nitrogens is 1. The van der Waals surface area contributed by atoms with Gasteiger partial charge in [0.05, 0.1) is 11.8 Å². The summed E-state index contributed by atoms with van der Waals surface area (Å²) in [6.07, 6.45) is 0.833. The molecule has 0 aliphatic carbocycles. The van der Waals surface area contributed by atoms with Crippen LogP contribution in [-0.4, -0.2) is 50.1 Å². The average Bonchev–Trinajstić information content (AvgIpc) is 3.29. The average molecular weight is 476 g/mol. The first-order valence-electron chi connectivity index (χ1n) is 11.2. The number of thiazole rings is 1. The maximum absolute atomic E-state index is 13.6. The number of aryl methyl sites for hydroxylation is 1. The van der Waals surface area contributed by atoms with Gasteiger partial charge in [-0.2, -0.15) is 0 Å². The molecule has 0 radical (unpaired) electrons. The Morgan fingerprint density at radius 3 is 2.32 bits per heavy atom. The third-order valence-electron chi connectivity index (χ3n) is 5.46. The van der Waals surface area contributed by atoms with Gasteiger partial charge in [-0.05, 0) is 82.0 Å². The third-order valence-corrected chi connectivity index (χ3v) is 6.67. The Bertz CT molecular complexity index is 1250. The molecule has 0 unspecified atom stereocenters. The molecule has 1 aromatic heterocycles. The number of methoxy groups -OCH3 is 1. The lowest BCUT2D eigenvalue weighted by molar-refractivity contribution is 0.0986. The molecular formula is C27H29N3O3S. The highest BCUT2D eigenvalue weighted by molar-refractivity contribution is 7.22. The SMILES string of the molecule is COc1ccc(C)c2sc(N(CCCN(C)C)C(=O)c3ccc(Oc4ccccc4)cc3)nc12. The van der Waals surface area contributed by atoms with Crippen molar-refractivity contribution in [1.82, 2.24) is 9.88 Å². The molecule has 0 N–H and O–H groups in total. The first kappa shape index (κ1) is 23.7. The summed E-state index contributed by atoms with van der Waals surface area (Å²) in [5.41, 5.74) is 2.50. The summed E-state index contributed by atoms with van der Waals surface area (Å²) in [6.45, 7) is 3.49. The number of benzene rings is 3. The zero-order valence-corrected chi connectivity index (χ0v) is 20.8. The number of carbonyl (C=O) groups excluding carboxylic acids is 1. The number of nitrogens with zero attached hydrogens (tertiary/aromatic N) is 3. The lowest BCUT2D eigenvalue weighted by atomic mass is 10.2. The van der Waals surface area contributed by atoms with Gasteiger partial charge >= 0.3 is 0 Å². The van der Waals surface area contributed by atoms with E-state index in [1.807, 2.05) is 75.6 Å². The monoisotopic (exact) mass is 475 g/mol. The van der Waals surface area contributed by atoms with Crippen LogP contribution in [0.5, 0.6) is 17.2 Å². The van der Waals surface area contributed by atoms with Gasteiger partial charge in [-0.1, -0.05) is 35.6 Å². The molecule has 34 heavy (non-hydrogen) atoms. The molecule has 3 aromatic carbocycles. The number of carbonyl (C=O) groups is 1. The van der Waals surface area contributed by atoms with Crippen molar-refractivity contribution >= 4 is 32.6 Å². The number of anilines is 1. The maximum Gasteiger partial charge on any atom is 0.260 e. The Balaban J connectivity index is 1.62. The van der Waals surface area contributed by atoms with Gasteiger partial charge in [0.2, 0.25) is 0 Å². The van der Waals surface area contributed by atoms with Crippen LogP contribution < -0.4 is 14.4 Å². The molecule has 0 atom stereocenters. The summed E-state index contributed by atoms with van der Waals surface area (Å²) in [7, 11) is 5.70. The van der Waals surface area contributed by atoms with Crippen LogP contribution in [0.25, 0.3) is 10.2 Å². The van der Waals surface area contributed by atoms with E-state index in [-0.39, 0.29) is 5.91 Å². The summed E-state index contributed by atoms with van der Waals surface area (Å²) in [4.78, 5) is 22.3. The smallest absolute Gasteiger partial charge is 0.260 e. The summed E-state index contributed by atoms with van der Waals surface area (Å²) in [5, 5.41) is 0.677. The Hall–Kier alpha value is -3.42. The minimum absolute atomic E-state index is 0.0827. The zero-order chi connectivity index (χ0) is 24.1. The Morgan fingerprint density at radius 1 is 0.941 bits per heavy atom. The van der Waals surface area contributed by atoms with Gasteiger partial charge in [-0.15, -0.1) is 0 Å². The van der Waals surface area contributed by atoms with Gasteiger partial charge in [0.1, 0.15) is 22.8 Å².